The Kier molecular flexibility index (Phi) is 6.15. The molecule has 5 heteroatoms. The molecule has 0 saturated carbocycles. The summed E-state index contributed by atoms with van der Waals surface area (Å²) in [7, 11) is 0. The lowest BCUT2D eigenvalue weighted by molar-refractivity contribution is -0.119. The molecule has 0 aliphatic rings. The van der Waals surface area contributed by atoms with Gasteiger partial charge in [0.15, 0.2) is 0 Å². The lowest BCUT2D eigenvalue weighted by atomic mass is 10.2. The van der Waals surface area contributed by atoms with Gasteiger partial charge in [-0.2, -0.15) is 0 Å². The molecule has 0 saturated heterocycles. The molecule has 0 unspecified atom stereocenters. The van der Waals surface area contributed by atoms with Gasteiger partial charge >= 0.3 is 0 Å². The maximum absolute atomic E-state index is 11.6. The quantitative estimate of drug-likeness (QED) is 0.821. The third-order valence-corrected chi connectivity index (χ3v) is 3.57. The molecule has 0 radical (unpaired) electrons. The van der Waals surface area contributed by atoms with Crippen LogP contribution >= 0.6 is 31.9 Å². The summed E-state index contributed by atoms with van der Waals surface area (Å²) in [5, 5.41) is 6.00. The van der Waals surface area contributed by atoms with E-state index in [2.05, 4.69) is 56.3 Å². The van der Waals surface area contributed by atoms with Gasteiger partial charge in [-0.15, -0.1) is 0 Å². The van der Waals surface area contributed by atoms with E-state index in [1.165, 1.54) is 0 Å². The van der Waals surface area contributed by atoms with Crippen LogP contribution in [0.4, 0.5) is 5.69 Å². The summed E-state index contributed by atoms with van der Waals surface area (Å²) in [6.07, 6.45) is 0. The third kappa shape index (κ3) is 4.98. The summed E-state index contributed by atoms with van der Waals surface area (Å²) in [5.41, 5.74) is 2.06. The van der Waals surface area contributed by atoms with Crippen molar-refractivity contribution in [1.82, 2.24) is 5.32 Å². The first-order valence-electron chi connectivity index (χ1n) is 5.86. The van der Waals surface area contributed by atoms with Gasteiger partial charge in [-0.05, 0) is 62.4 Å². The highest BCUT2D eigenvalue weighted by atomic mass is 79.9. The summed E-state index contributed by atoms with van der Waals surface area (Å²) in [5.74, 6) is 0.467. The van der Waals surface area contributed by atoms with E-state index in [9.17, 15) is 4.79 Å². The van der Waals surface area contributed by atoms with Gasteiger partial charge in [0.1, 0.15) is 0 Å². The number of carbonyl (C=O) groups is 1. The molecular weight excluding hydrogens is 360 g/mol. The average molecular weight is 378 g/mol. The van der Waals surface area contributed by atoms with Gasteiger partial charge in [0.2, 0.25) is 5.91 Å². The van der Waals surface area contributed by atoms with E-state index in [4.69, 9.17) is 0 Å². The maximum Gasteiger partial charge on any atom is 0.239 e. The van der Waals surface area contributed by atoms with Crippen LogP contribution in [0.2, 0.25) is 0 Å². The van der Waals surface area contributed by atoms with Crippen LogP contribution in [0.3, 0.4) is 0 Å². The molecule has 100 valence electrons. The summed E-state index contributed by atoms with van der Waals surface area (Å²) in [6.45, 7) is 7.14. The van der Waals surface area contributed by atoms with Gasteiger partial charge < -0.3 is 10.6 Å². The van der Waals surface area contributed by atoms with Gasteiger partial charge in [-0.25, -0.2) is 0 Å². The van der Waals surface area contributed by atoms with Crippen molar-refractivity contribution >= 4 is 43.5 Å². The van der Waals surface area contributed by atoms with E-state index in [-0.39, 0.29) is 12.5 Å². The number of carbonyl (C=O) groups excluding carboxylic acids is 1. The normalized spacial score (nSPS) is 10.6. The molecule has 0 aliphatic heterocycles. The van der Waals surface area contributed by atoms with Crippen molar-refractivity contribution in [2.75, 3.05) is 18.4 Å². The largest absolute Gasteiger partial charge is 0.374 e. The SMILES string of the molecule is Cc1cc(Br)c(NCC(=O)NCC(C)C)c(Br)c1. The van der Waals surface area contributed by atoms with E-state index in [0.717, 1.165) is 20.2 Å². The van der Waals surface area contributed by atoms with E-state index in [1.807, 2.05) is 19.1 Å². The summed E-state index contributed by atoms with van der Waals surface area (Å²) in [6, 6.07) is 4.03. The van der Waals surface area contributed by atoms with Crippen LogP contribution < -0.4 is 10.6 Å². The number of nitrogens with one attached hydrogen (secondary N) is 2. The minimum atomic E-state index is 0.00285. The molecule has 18 heavy (non-hydrogen) atoms. The zero-order valence-corrected chi connectivity index (χ0v) is 14.0. The van der Waals surface area contributed by atoms with Crippen LogP contribution in [0.5, 0.6) is 0 Å². The number of amides is 1. The number of hydrogen-bond donors (Lipinski definition) is 2. The van der Waals surface area contributed by atoms with Gasteiger partial charge in [-0.1, -0.05) is 13.8 Å². The van der Waals surface area contributed by atoms with Crippen molar-refractivity contribution in [3.63, 3.8) is 0 Å². The lowest BCUT2D eigenvalue weighted by Gasteiger charge is -2.12. The monoisotopic (exact) mass is 376 g/mol. The van der Waals surface area contributed by atoms with E-state index < -0.39 is 0 Å². The zero-order valence-electron chi connectivity index (χ0n) is 10.8. The molecule has 1 aromatic rings. The molecule has 2 N–H and O–H groups in total. The van der Waals surface area contributed by atoms with Gasteiger partial charge in [-0.3, -0.25) is 4.79 Å². The first kappa shape index (κ1) is 15.5. The molecular formula is C13H18Br2N2O. The minimum Gasteiger partial charge on any atom is -0.374 e. The highest BCUT2D eigenvalue weighted by Crippen LogP contribution is 2.31. The fourth-order valence-corrected chi connectivity index (χ4v) is 3.11. The first-order valence-corrected chi connectivity index (χ1v) is 7.45. The Bertz CT molecular complexity index is 410. The topological polar surface area (TPSA) is 41.1 Å². The Morgan fingerprint density at radius 3 is 2.33 bits per heavy atom. The Morgan fingerprint density at radius 2 is 1.83 bits per heavy atom. The second kappa shape index (κ2) is 7.14. The van der Waals surface area contributed by atoms with Gasteiger partial charge in [0, 0.05) is 15.5 Å². The molecule has 0 atom stereocenters. The van der Waals surface area contributed by atoms with Crippen molar-refractivity contribution in [3.05, 3.63) is 26.6 Å². The maximum atomic E-state index is 11.6. The fraction of sp³-hybridized carbons (Fsp3) is 0.462. The van der Waals surface area contributed by atoms with Crippen molar-refractivity contribution < 1.29 is 4.79 Å². The second-order valence-electron chi connectivity index (χ2n) is 4.66. The molecule has 1 rings (SSSR count). The summed E-state index contributed by atoms with van der Waals surface area (Å²) < 4.78 is 1.90. The number of benzene rings is 1. The number of hydrogen-bond acceptors (Lipinski definition) is 2. The average Bonchev–Trinajstić information content (AvgIpc) is 2.24. The molecule has 0 bridgehead atoms. The Morgan fingerprint density at radius 1 is 1.28 bits per heavy atom. The summed E-state index contributed by atoms with van der Waals surface area (Å²) >= 11 is 6.97. The predicted molar refractivity (Wildman–Crippen MR) is 82.9 cm³/mol. The predicted octanol–water partition coefficient (Wildman–Crippen LogP) is 3.70. The van der Waals surface area contributed by atoms with Crippen LogP contribution in [0.1, 0.15) is 19.4 Å². The Labute approximate surface area is 125 Å². The minimum absolute atomic E-state index is 0.00285. The van der Waals surface area contributed by atoms with Crippen molar-refractivity contribution in [2.24, 2.45) is 5.92 Å². The molecule has 0 heterocycles. The third-order valence-electron chi connectivity index (χ3n) is 2.32. The van der Waals surface area contributed by atoms with Crippen LogP contribution in [0.15, 0.2) is 21.1 Å². The number of rotatable bonds is 5. The standard InChI is InChI=1S/C13H18Br2N2O/c1-8(2)6-16-12(18)7-17-13-10(14)4-9(3)5-11(13)15/h4-5,8,17H,6-7H2,1-3H3,(H,16,18). The Balaban J connectivity index is 2.56. The molecule has 0 aliphatic carbocycles. The second-order valence-corrected chi connectivity index (χ2v) is 6.36. The van der Waals surface area contributed by atoms with Crippen LogP contribution in [0.25, 0.3) is 0 Å². The first-order chi connectivity index (χ1) is 8.40. The molecule has 0 fully saturated rings. The highest BCUT2D eigenvalue weighted by Gasteiger charge is 2.08. The smallest absolute Gasteiger partial charge is 0.239 e. The van der Waals surface area contributed by atoms with E-state index in [0.29, 0.717) is 12.5 Å². The number of halogens is 2. The van der Waals surface area contributed by atoms with Crippen LogP contribution in [-0.2, 0) is 4.79 Å². The fourth-order valence-electron chi connectivity index (χ4n) is 1.42. The van der Waals surface area contributed by atoms with E-state index in [1.54, 1.807) is 0 Å². The lowest BCUT2D eigenvalue weighted by Crippen LogP contribution is -2.32. The zero-order chi connectivity index (χ0) is 13.7. The Hall–Kier alpha value is -0.550. The molecule has 3 nitrogen and oxygen atoms in total. The van der Waals surface area contributed by atoms with Crippen molar-refractivity contribution in [3.8, 4) is 0 Å². The number of aryl methyl sites for hydroxylation is 1. The number of anilines is 1. The van der Waals surface area contributed by atoms with Crippen molar-refractivity contribution in [2.45, 2.75) is 20.8 Å². The highest BCUT2D eigenvalue weighted by molar-refractivity contribution is 9.11. The van der Waals surface area contributed by atoms with Gasteiger partial charge in [0.25, 0.3) is 0 Å². The molecule has 1 aromatic carbocycles. The van der Waals surface area contributed by atoms with E-state index >= 15 is 0 Å². The van der Waals surface area contributed by atoms with Crippen LogP contribution in [-0.4, -0.2) is 19.0 Å². The molecule has 0 aromatic heterocycles. The van der Waals surface area contributed by atoms with Gasteiger partial charge in [0.05, 0.1) is 12.2 Å². The molecule has 1 amide bonds. The van der Waals surface area contributed by atoms with Crippen LogP contribution in [0, 0.1) is 12.8 Å². The van der Waals surface area contributed by atoms with Crippen molar-refractivity contribution in [1.29, 1.82) is 0 Å². The molecule has 0 spiro atoms. The summed E-state index contributed by atoms with van der Waals surface area (Å²) in [4.78, 5) is 11.6.